The molecule has 1 aliphatic carbocycles. The first-order chi connectivity index (χ1) is 13.7. The van der Waals surface area contributed by atoms with Crippen molar-refractivity contribution < 1.29 is 18.3 Å². The number of nitrogens with zero attached hydrogens (tertiary/aromatic N) is 2. The Labute approximate surface area is 166 Å². The van der Waals surface area contributed by atoms with Crippen LogP contribution in [0.5, 0.6) is 0 Å². The van der Waals surface area contributed by atoms with E-state index < -0.39 is 11.7 Å². The minimum Gasteiger partial charge on any atom is -0.393 e. The average Bonchev–Trinajstić information content (AvgIpc) is 2.66. The Balaban J connectivity index is 1.75. The number of rotatable bonds is 4. The number of aliphatic hydroxyl groups excluding tert-OH is 1. The molecular formula is C20H24F3N5O. The van der Waals surface area contributed by atoms with Crippen LogP contribution in [0.15, 0.2) is 47.6 Å². The van der Waals surface area contributed by atoms with Crippen molar-refractivity contribution in [3.05, 3.63) is 53.5 Å². The minimum atomic E-state index is -4.38. The Morgan fingerprint density at radius 3 is 2.38 bits per heavy atom. The van der Waals surface area contributed by atoms with Crippen LogP contribution in [0.1, 0.15) is 38.2 Å². The Morgan fingerprint density at radius 2 is 1.76 bits per heavy atom. The lowest BCUT2D eigenvalue weighted by Gasteiger charge is -2.27. The molecule has 4 N–H and O–H groups in total. The van der Waals surface area contributed by atoms with E-state index in [1.165, 1.54) is 16.8 Å². The van der Waals surface area contributed by atoms with Crippen LogP contribution < -0.4 is 16.1 Å². The van der Waals surface area contributed by atoms with Crippen molar-refractivity contribution in [1.82, 2.24) is 4.68 Å². The molecule has 3 rings (SSSR count). The van der Waals surface area contributed by atoms with Gasteiger partial charge < -0.3 is 15.7 Å². The number of amidine groups is 1. The fraction of sp³-hybridized carbons (Fsp3) is 0.400. The highest BCUT2D eigenvalue weighted by Crippen LogP contribution is 2.29. The highest BCUT2D eigenvalue weighted by atomic mass is 19.4. The van der Waals surface area contributed by atoms with Gasteiger partial charge in [0.25, 0.3) is 0 Å². The molecule has 0 bridgehead atoms. The molecule has 29 heavy (non-hydrogen) atoms. The summed E-state index contributed by atoms with van der Waals surface area (Å²) < 4.78 is 39.5. The third kappa shape index (κ3) is 5.60. The number of nitrogens with one attached hydrogen (secondary N) is 3. The molecule has 0 atom stereocenters. The first-order valence-corrected chi connectivity index (χ1v) is 9.43. The summed E-state index contributed by atoms with van der Waals surface area (Å²) in [5.74, 6) is 1.07. The summed E-state index contributed by atoms with van der Waals surface area (Å²) in [6.45, 7) is 1.68. The van der Waals surface area contributed by atoms with E-state index in [1.807, 2.05) is 6.07 Å². The minimum absolute atomic E-state index is 0.166. The van der Waals surface area contributed by atoms with Gasteiger partial charge in [0.15, 0.2) is 0 Å². The number of aromatic nitrogens is 1. The molecule has 1 aromatic heterocycles. The van der Waals surface area contributed by atoms with Crippen LogP contribution in [0.4, 0.5) is 24.7 Å². The van der Waals surface area contributed by atoms with Crippen LogP contribution in [0, 0.1) is 5.41 Å². The van der Waals surface area contributed by atoms with Crippen molar-refractivity contribution in [2.75, 3.05) is 10.6 Å². The second-order valence-electron chi connectivity index (χ2n) is 7.14. The van der Waals surface area contributed by atoms with Crippen molar-refractivity contribution in [3.63, 3.8) is 0 Å². The van der Waals surface area contributed by atoms with Crippen LogP contribution in [-0.4, -0.2) is 27.8 Å². The molecule has 0 amide bonds. The van der Waals surface area contributed by atoms with Crippen LogP contribution in [0.3, 0.4) is 0 Å². The Morgan fingerprint density at radius 1 is 1.10 bits per heavy atom. The van der Waals surface area contributed by atoms with E-state index in [1.54, 1.807) is 19.1 Å². The van der Waals surface area contributed by atoms with Crippen molar-refractivity contribution in [2.24, 2.45) is 5.10 Å². The van der Waals surface area contributed by atoms with E-state index in [0.717, 1.165) is 37.8 Å². The van der Waals surface area contributed by atoms with E-state index in [2.05, 4.69) is 15.7 Å². The zero-order chi connectivity index (χ0) is 21.0. The predicted octanol–water partition coefficient (Wildman–Crippen LogP) is 4.00. The van der Waals surface area contributed by atoms with Crippen LogP contribution in [0.2, 0.25) is 0 Å². The average molecular weight is 407 g/mol. The lowest BCUT2D eigenvalue weighted by atomic mass is 9.93. The van der Waals surface area contributed by atoms with Crippen LogP contribution in [0.25, 0.3) is 0 Å². The number of halogens is 3. The SMILES string of the molecule is C/C(=N\n1c(N[C@H]2CC[C@@H](O)CC2)cccc1=N)Nc1ccc(C(F)(F)F)cc1. The van der Waals surface area contributed by atoms with Crippen molar-refractivity contribution in [2.45, 2.75) is 50.9 Å². The monoisotopic (exact) mass is 407 g/mol. The zero-order valence-corrected chi connectivity index (χ0v) is 16.0. The Bertz CT molecular complexity index is 913. The summed E-state index contributed by atoms with van der Waals surface area (Å²) in [5.41, 5.74) is -0.0786. The van der Waals surface area contributed by atoms with Crippen molar-refractivity contribution >= 4 is 17.3 Å². The molecule has 0 spiro atoms. The van der Waals surface area contributed by atoms with Crippen LogP contribution >= 0.6 is 0 Å². The van der Waals surface area contributed by atoms with E-state index in [-0.39, 0.29) is 17.6 Å². The standard InChI is InChI=1S/C20H24F3N5O/c1-13(25-15-7-5-14(6-8-15)20(21,22)23)27-28-18(24)3-2-4-19(28)26-16-9-11-17(29)12-10-16/h2-8,16-17,24,26,29H,9-12H2,1H3,(H,25,27)/t16-,17+. The maximum Gasteiger partial charge on any atom is 0.416 e. The van der Waals surface area contributed by atoms with Gasteiger partial charge in [0, 0.05) is 11.7 Å². The molecule has 1 fully saturated rings. The summed E-state index contributed by atoms with van der Waals surface area (Å²) >= 11 is 0. The van der Waals surface area contributed by atoms with Gasteiger partial charge in [-0.05, 0) is 69.0 Å². The number of hydrogen-bond acceptors (Lipinski definition) is 4. The van der Waals surface area contributed by atoms with Gasteiger partial charge in [-0.3, -0.25) is 5.41 Å². The van der Waals surface area contributed by atoms with Crippen LogP contribution in [-0.2, 0) is 6.18 Å². The normalized spacial score (nSPS) is 20.4. The number of pyridine rings is 1. The largest absolute Gasteiger partial charge is 0.416 e. The summed E-state index contributed by atoms with van der Waals surface area (Å²) in [6, 6.07) is 10.1. The molecule has 0 unspecified atom stereocenters. The van der Waals surface area contributed by atoms with Gasteiger partial charge in [-0.2, -0.15) is 22.9 Å². The Hall–Kier alpha value is -2.81. The lowest BCUT2D eigenvalue weighted by Crippen LogP contribution is -2.31. The van der Waals surface area contributed by atoms with E-state index in [4.69, 9.17) is 5.41 Å². The van der Waals surface area contributed by atoms with Gasteiger partial charge in [-0.15, -0.1) is 0 Å². The fourth-order valence-electron chi connectivity index (χ4n) is 3.27. The van der Waals surface area contributed by atoms with Gasteiger partial charge in [0.1, 0.15) is 17.1 Å². The number of benzene rings is 1. The van der Waals surface area contributed by atoms with Gasteiger partial charge in [-0.1, -0.05) is 6.07 Å². The first-order valence-electron chi connectivity index (χ1n) is 9.43. The zero-order valence-electron chi connectivity index (χ0n) is 16.0. The molecule has 1 aromatic carbocycles. The van der Waals surface area contributed by atoms with Gasteiger partial charge in [0.2, 0.25) is 0 Å². The third-order valence-corrected chi connectivity index (χ3v) is 4.80. The maximum atomic E-state index is 12.7. The Kier molecular flexibility index (Phi) is 6.26. The van der Waals surface area contributed by atoms with Gasteiger partial charge >= 0.3 is 6.18 Å². The second kappa shape index (κ2) is 8.69. The molecule has 0 radical (unpaired) electrons. The topological polar surface area (TPSA) is 85.4 Å². The predicted molar refractivity (Wildman–Crippen MR) is 106 cm³/mol. The molecule has 9 heteroatoms. The fourth-order valence-corrected chi connectivity index (χ4v) is 3.27. The number of aliphatic hydroxyl groups is 1. The lowest BCUT2D eigenvalue weighted by molar-refractivity contribution is -0.137. The summed E-state index contributed by atoms with van der Waals surface area (Å²) in [7, 11) is 0. The maximum absolute atomic E-state index is 12.7. The first kappa shape index (κ1) is 20.9. The molecule has 0 aliphatic heterocycles. The van der Waals surface area contributed by atoms with E-state index >= 15 is 0 Å². The molecule has 1 saturated carbocycles. The molecule has 156 valence electrons. The van der Waals surface area contributed by atoms with Crippen molar-refractivity contribution in [3.8, 4) is 0 Å². The third-order valence-electron chi connectivity index (χ3n) is 4.80. The molecule has 2 aromatic rings. The number of alkyl halides is 3. The number of anilines is 2. The van der Waals surface area contributed by atoms with E-state index in [0.29, 0.717) is 17.3 Å². The summed E-state index contributed by atoms with van der Waals surface area (Å²) in [4.78, 5) is 0. The quantitative estimate of drug-likeness (QED) is 0.457. The molecule has 1 heterocycles. The summed E-state index contributed by atoms with van der Waals surface area (Å²) in [6.07, 6.45) is -1.51. The molecule has 0 saturated heterocycles. The second-order valence-corrected chi connectivity index (χ2v) is 7.14. The van der Waals surface area contributed by atoms with Gasteiger partial charge in [-0.25, -0.2) is 0 Å². The van der Waals surface area contributed by atoms with Crippen molar-refractivity contribution in [1.29, 1.82) is 5.41 Å². The van der Waals surface area contributed by atoms with E-state index in [9.17, 15) is 18.3 Å². The highest BCUT2D eigenvalue weighted by molar-refractivity contribution is 5.93. The molecular weight excluding hydrogens is 383 g/mol. The smallest absolute Gasteiger partial charge is 0.393 e. The number of hydrogen-bond donors (Lipinski definition) is 4. The van der Waals surface area contributed by atoms with Gasteiger partial charge in [0.05, 0.1) is 11.7 Å². The highest BCUT2D eigenvalue weighted by Gasteiger charge is 2.29. The molecule has 1 aliphatic rings. The summed E-state index contributed by atoms with van der Waals surface area (Å²) in [5, 5.41) is 28.5. The molecule has 6 nitrogen and oxygen atoms in total.